The van der Waals surface area contributed by atoms with Crippen LogP contribution < -0.4 is 25.7 Å². The Morgan fingerprint density at radius 3 is 2.20 bits per heavy atom. The maximum Gasteiger partial charge on any atom is 0.430 e. The average Bonchev–Trinajstić information content (AvgIpc) is 2.88. The minimum absolute atomic E-state index is 0.395. The Labute approximate surface area is 242 Å². The number of carboxylic acid groups (broad SMARTS) is 1. The number of alkyl carbamates (subject to hydrolysis) is 1. The molecule has 0 unspecified atom stereocenters. The van der Waals surface area contributed by atoms with Crippen molar-refractivity contribution in [2.45, 2.75) is 72.1 Å². The van der Waals surface area contributed by atoms with E-state index in [0.29, 0.717) is 13.1 Å². The van der Waals surface area contributed by atoms with Gasteiger partial charge in [0.2, 0.25) is 5.36 Å². The van der Waals surface area contributed by atoms with Crippen LogP contribution in [0, 0.1) is 0 Å². The Morgan fingerprint density at radius 1 is 1.00 bits per heavy atom. The summed E-state index contributed by atoms with van der Waals surface area (Å²) in [5, 5.41) is 16.2. The van der Waals surface area contributed by atoms with Crippen molar-refractivity contribution < 1.29 is 32.6 Å². The van der Waals surface area contributed by atoms with Gasteiger partial charge in [-0.25, -0.2) is 14.4 Å². The molecule has 2 aliphatic rings. The number of ether oxygens (including phenoxy) is 1. The molecule has 0 fully saturated rings. The van der Waals surface area contributed by atoms with Gasteiger partial charge in [-0.05, 0) is 45.0 Å². The lowest BCUT2D eigenvalue weighted by Gasteiger charge is -2.19. The molecule has 0 aromatic heterocycles. The summed E-state index contributed by atoms with van der Waals surface area (Å²) in [6.07, 6.45) is -0.770. The van der Waals surface area contributed by atoms with E-state index in [-0.39, 0.29) is 0 Å². The summed E-state index contributed by atoms with van der Waals surface area (Å²) in [4.78, 5) is 26.7. The molecule has 0 bridgehead atoms. The fourth-order valence-corrected chi connectivity index (χ4v) is 4.71. The first kappa shape index (κ1) is 33.8. The number of rotatable bonds is 10. The third-order valence-corrected chi connectivity index (χ3v) is 6.74. The molecule has 0 atom stereocenters. The van der Waals surface area contributed by atoms with Crippen LogP contribution in [0.5, 0.6) is 0 Å². The van der Waals surface area contributed by atoms with Gasteiger partial charge in [-0.3, -0.25) is 0 Å². The molecule has 0 saturated carbocycles. The Balaban J connectivity index is 0.000000745. The van der Waals surface area contributed by atoms with Gasteiger partial charge in [0.1, 0.15) is 24.7 Å². The van der Waals surface area contributed by atoms with Gasteiger partial charge in [0.15, 0.2) is 0 Å². The van der Waals surface area contributed by atoms with Crippen LogP contribution in [-0.4, -0.2) is 55.0 Å². The van der Waals surface area contributed by atoms with Crippen molar-refractivity contribution in [3.63, 3.8) is 0 Å². The zero-order valence-electron chi connectivity index (χ0n) is 24.2. The highest BCUT2D eigenvalue weighted by molar-refractivity contribution is 7.21. The van der Waals surface area contributed by atoms with E-state index in [4.69, 9.17) is 19.6 Å². The van der Waals surface area contributed by atoms with Gasteiger partial charge in [0.25, 0.3) is 0 Å². The molecule has 41 heavy (non-hydrogen) atoms. The van der Waals surface area contributed by atoms with Gasteiger partial charge in [-0.15, -0.1) is 11.3 Å². The molecule has 1 aliphatic heterocycles. The summed E-state index contributed by atoms with van der Waals surface area (Å²) in [6, 6.07) is 12.9. The molecule has 1 aliphatic carbocycles. The van der Waals surface area contributed by atoms with Crippen molar-refractivity contribution in [2.24, 2.45) is 0 Å². The zero-order chi connectivity index (χ0) is 30.6. The molecule has 226 valence electrons. The second kappa shape index (κ2) is 15.6. The molecule has 1 aromatic rings. The monoisotopic (exact) mass is 596 g/mol. The largest absolute Gasteiger partial charge is 0.542 e. The number of aliphatic carboxylic acids is 1. The molecule has 0 radical (unpaired) electrons. The number of amides is 1. The van der Waals surface area contributed by atoms with E-state index in [1.807, 2.05) is 26.8 Å². The van der Waals surface area contributed by atoms with Gasteiger partial charge in [-0.1, -0.05) is 26.7 Å². The van der Waals surface area contributed by atoms with Crippen molar-refractivity contribution in [3.8, 4) is 10.6 Å². The maximum absolute atomic E-state index is 11.8. The van der Waals surface area contributed by atoms with Gasteiger partial charge in [0, 0.05) is 43.8 Å². The van der Waals surface area contributed by atoms with Crippen molar-refractivity contribution >= 4 is 39.3 Å². The summed E-state index contributed by atoms with van der Waals surface area (Å²) in [6.45, 7) is 13.4. The molecule has 1 aromatic carbocycles. The van der Waals surface area contributed by atoms with E-state index < -0.39 is 23.8 Å². The zero-order valence-corrected chi connectivity index (χ0v) is 25.0. The van der Waals surface area contributed by atoms with Crippen LogP contribution in [-0.2, 0) is 9.53 Å². The van der Waals surface area contributed by atoms with Crippen LogP contribution in [0.1, 0.15) is 60.3 Å². The summed E-state index contributed by atoms with van der Waals surface area (Å²) in [7, 11) is 0. The van der Waals surface area contributed by atoms with Crippen LogP contribution in [0.2, 0.25) is 0 Å². The van der Waals surface area contributed by atoms with Crippen molar-refractivity contribution in [1.29, 1.82) is 0 Å². The number of anilines is 1. The smallest absolute Gasteiger partial charge is 0.430 e. The van der Waals surface area contributed by atoms with Crippen LogP contribution in [0.25, 0.3) is 20.8 Å². The predicted octanol–water partition coefficient (Wildman–Crippen LogP) is 5.01. The van der Waals surface area contributed by atoms with E-state index >= 15 is 0 Å². The third kappa shape index (κ3) is 11.9. The second-order valence-corrected chi connectivity index (χ2v) is 11.5. The minimum atomic E-state index is -5.19. The molecule has 2 N–H and O–H groups in total. The number of carbonyl (C=O) groups excluding carboxylic acids is 2. The van der Waals surface area contributed by atoms with Crippen molar-refractivity contribution in [2.75, 3.05) is 31.5 Å². The van der Waals surface area contributed by atoms with Crippen LogP contribution >= 0.6 is 11.3 Å². The van der Waals surface area contributed by atoms with Crippen molar-refractivity contribution in [1.82, 2.24) is 14.9 Å². The Morgan fingerprint density at radius 2 is 1.63 bits per heavy atom. The fourth-order valence-electron chi connectivity index (χ4n) is 3.67. The maximum atomic E-state index is 11.8. The lowest BCUT2D eigenvalue weighted by Crippen LogP contribution is -2.37. The Kier molecular flexibility index (Phi) is 12.8. The number of aromatic nitrogens is 1. The molecular weight excluding hydrogens is 557 g/mol. The number of carbonyl (C=O) groups is 2. The van der Waals surface area contributed by atoms with E-state index in [1.165, 1.54) is 35.9 Å². The molecule has 12 heteroatoms. The summed E-state index contributed by atoms with van der Waals surface area (Å²) in [5.41, 5.74) is 2.56. The fraction of sp³-hybridized carbons (Fsp3) is 0.517. The van der Waals surface area contributed by atoms with Crippen LogP contribution in [0.3, 0.4) is 0 Å². The number of fused-ring (bicyclic) bond motifs is 2. The number of unbranched alkanes of at least 4 members (excludes halogenated alkanes) is 2. The normalized spacial score (nSPS) is 11.5. The van der Waals surface area contributed by atoms with E-state index in [2.05, 4.69) is 59.4 Å². The number of carboxylic acids is 1. The molecule has 3 rings (SSSR count). The van der Waals surface area contributed by atoms with Gasteiger partial charge >= 0.3 is 12.3 Å². The molecule has 1 heterocycles. The van der Waals surface area contributed by atoms with Crippen molar-refractivity contribution in [3.05, 3.63) is 41.8 Å². The van der Waals surface area contributed by atoms with E-state index in [1.54, 1.807) is 11.3 Å². The molecular formula is C29H39F3N4O4S. The highest BCUT2D eigenvalue weighted by Crippen LogP contribution is 2.31. The van der Waals surface area contributed by atoms with Gasteiger partial charge < -0.3 is 25.3 Å². The first-order chi connectivity index (χ1) is 19.2. The number of halogens is 3. The number of nitrogens with one attached hydrogen (secondary N) is 2. The van der Waals surface area contributed by atoms with Gasteiger partial charge in [-0.2, -0.15) is 13.2 Å². The molecule has 0 saturated heterocycles. The van der Waals surface area contributed by atoms with Crippen LogP contribution in [0.4, 0.5) is 23.7 Å². The first-order valence-electron chi connectivity index (χ1n) is 13.6. The molecule has 8 nitrogen and oxygen atoms in total. The Bertz CT molecular complexity index is 1330. The number of alkyl halides is 3. The number of nitrogens with zero attached hydrogens (tertiary/aromatic N) is 2. The molecule has 0 spiro atoms. The topological polar surface area (TPSA) is 106 Å². The highest BCUT2D eigenvalue weighted by atomic mass is 32.1. The summed E-state index contributed by atoms with van der Waals surface area (Å²) in [5.74, 6) is -3.01. The number of hydrogen-bond acceptors (Lipinski definition) is 7. The summed E-state index contributed by atoms with van der Waals surface area (Å²) >= 11 is 1.78. The minimum Gasteiger partial charge on any atom is -0.542 e. The van der Waals surface area contributed by atoms with E-state index in [0.717, 1.165) is 34.7 Å². The predicted molar refractivity (Wildman–Crippen MR) is 155 cm³/mol. The third-order valence-electron chi connectivity index (χ3n) is 5.65. The SMILES string of the molecule is CCCC[N+](CCCC)=c1ccc2nc3ccc(NCCNC(=O)OC(C)(C)C)cc3sc-2c1.O=C([O-])C(F)(F)F. The number of benzene rings is 2. The Hall–Kier alpha value is -3.41. The molecule has 1 amide bonds. The lowest BCUT2D eigenvalue weighted by atomic mass is 10.2. The van der Waals surface area contributed by atoms with E-state index in [9.17, 15) is 18.0 Å². The summed E-state index contributed by atoms with van der Waals surface area (Å²) < 4.78 is 40.5. The standard InChI is InChI=1S/C27H38N4O2S.C2HF3O2/c1-6-8-16-31(17-9-7-2)21-11-13-23-25(19-21)34-24-18-20(10-12-22(24)30-23)28-14-15-29-26(32)33-27(3,4)5;3-2(4,5)1(6)7/h10-13,18-19H,6-9,14-17H2,1-5H3,(H,29,32);(H,6,7). The average molecular weight is 597 g/mol. The quantitative estimate of drug-likeness (QED) is 0.194. The second-order valence-electron chi connectivity index (χ2n) is 10.4. The van der Waals surface area contributed by atoms with Gasteiger partial charge in [0.05, 0.1) is 20.8 Å². The lowest BCUT2D eigenvalue weighted by molar-refractivity contribution is -0.344. The van der Waals surface area contributed by atoms with Crippen LogP contribution in [0.15, 0.2) is 36.4 Å². The number of hydrogen-bond donors (Lipinski definition) is 2. The highest BCUT2D eigenvalue weighted by Gasteiger charge is 2.28. The first-order valence-corrected chi connectivity index (χ1v) is 14.5.